The second kappa shape index (κ2) is 9.05. The highest BCUT2D eigenvalue weighted by Crippen LogP contribution is 2.14. The second-order valence-corrected chi connectivity index (χ2v) is 5.72. The highest BCUT2D eigenvalue weighted by atomic mass is 16.6. The standard InChI is InChI=1S/C18H24N2O5/c1-3-25-18(23)20-12-10-19(11-13-20)17(22)9-8-16(21)14-4-6-15(24-2)7-5-14/h4-7H,3,8-13H2,1-2H3. The smallest absolute Gasteiger partial charge is 0.409 e. The molecule has 1 aliphatic rings. The van der Waals surface area contributed by atoms with Gasteiger partial charge >= 0.3 is 6.09 Å². The Labute approximate surface area is 147 Å². The molecule has 136 valence electrons. The van der Waals surface area contributed by atoms with Crippen molar-refractivity contribution >= 4 is 17.8 Å². The van der Waals surface area contributed by atoms with Crippen LogP contribution in [0.25, 0.3) is 0 Å². The summed E-state index contributed by atoms with van der Waals surface area (Å²) in [5.74, 6) is 0.554. The van der Waals surface area contributed by atoms with Crippen molar-refractivity contribution in [3.8, 4) is 5.75 Å². The van der Waals surface area contributed by atoms with Gasteiger partial charge in [-0.2, -0.15) is 0 Å². The van der Waals surface area contributed by atoms with E-state index in [1.807, 2.05) is 0 Å². The van der Waals surface area contributed by atoms with E-state index >= 15 is 0 Å². The lowest BCUT2D eigenvalue weighted by Gasteiger charge is -2.34. The van der Waals surface area contributed by atoms with E-state index in [9.17, 15) is 14.4 Å². The fourth-order valence-corrected chi connectivity index (χ4v) is 2.65. The molecule has 1 heterocycles. The third-order valence-corrected chi connectivity index (χ3v) is 4.14. The van der Waals surface area contributed by atoms with E-state index in [1.165, 1.54) is 0 Å². The molecule has 1 aromatic carbocycles. The van der Waals surface area contributed by atoms with Crippen molar-refractivity contribution in [2.45, 2.75) is 19.8 Å². The first-order chi connectivity index (χ1) is 12.0. The number of amides is 2. The molecule has 2 rings (SSSR count). The average Bonchev–Trinajstić information content (AvgIpc) is 2.66. The Morgan fingerprint density at radius 1 is 0.960 bits per heavy atom. The maximum atomic E-state index is 12.3. The summed E-state index contributed by atoms with van der Waals surface area (Å²) in [4.78, 5) is 39.3. The monoisotopic (exact) mass is 348 g/mol. The quantitative estimate of drug-likeness (QED) is 0.735. The van der Waals surface area contributed by atoms with Gasteiger partial charge in [0.25, 0.3) is 0 Å². The lowest BCUT2D eigenvalue weighted by atomic mass is 10.1. The summed E-state index contributed by atoms with van der Waals surface area (Å²) < 4.78 is 10.0. The van der Waals surface area contributed by atoms with Gasteiger partial charge in [-0.15, -0.1) is 0 Å². The normalized spacial score (nSPS) is 14.2. The number of benzene rings is 1. The van der Waals surface area contributed by atoms with E-state index in [0.29, 0.717) is 44.1 Å². The topological polar surface area (TPSA) is 76.2 Å². The number of methoxy groups -OCH3 is 1. The molecule has 0 radical (unpaired) electrons. The van der Waals surface area contributed by atoms with Crippen LogP contribution in [-0.4, -0.2) is 67.5 Å². The Morgan fingerprint density at radius 2 is 1.56 bits per heavy atom. The Bertz CT molecular complexity index is 606. The molecule has 7 heteroatoms. The Kier molecular flexibility index (Phi) is 6.80. The minimum Gasteiger partial charge on any atom is -0.497 e. The van der Waals surface area contributed by atoms with Crippen LogP contribution >= 0.6 is 0 Å². The minimum atomic E-state index is -0.343. The van der Waals surface area contributed by atoms with Crippen LogP contribution in [0.4, 0.5) is 4.79 Å². The van der Waals surface area contributed by atoms with Gasteiger partial charge < -0.3 is 19.3 Å². The number of hydrogen-bond acceptors (Lipinski definition) is 5. The molecule has 0 spiro atoms. The molecule has 0 aliphatic carbocycles. The molecule has 1 fully saturated rings. The van der Waals surface area contributed by atoms with Crippen LogP contribution in [0.1, 0.15) is 30.1 Å². The summed E-state index contributed by atoms with van der Waals surface area (Å²) in [6, 6.07) is 6.85. The number of hydrogen-bond donors (Lipinski definition) is 0. The van der Waals surface area contributed by atoms with Gasteiger partial charge in [0.05, 0.1) is 13.7 Å². The van der Waals surface area contributed by atoms with Crippen molar-refractivity contribution in [2.75, 3.05) is 39.9 Å². The van der Waals surface area contributed by atoms with Crippen molar-refractivity contribution in [1.82, 2.24) is 9.80 Å². The van der Waals surface area contributed by atoms with Gasteiger partial charge in [-0.3, -0.25) is 9.59 Å². The molecule has 25 heavy (non-hydrogen) atoms. The van der Waals surface area contributed by atoms with Gasteiger partial charge in [-0.25, -0.2) is 4.79 Å². The molecule has 0 atom stereocenters. The average molecular weight is 348 g/mol. The first-order valence-corrected chi connectivity index (χ1v) is 8.42. The zero-order chi connectivity index (χ0) is 18.2. The third kappa shape index (κ3) is 5.20. The molecule has 0 saturated carbocycles. The SMILES string of the molecule is CCOC(=O)N1CCN(C(=O)CCC(=O)c2ccc(OC)cc2)CC1. The van der Waals surface area contributed by atoms with Gasteiger partial charge in [0.15, 0.2) is 5.78 Å². The first kappa shape index (κ1) is 18.8. The fourth-order valence-electron chi connectivity index (χ4n) is 2.65. The molecule has 0 bridgehead atoms. The molecule has 0 aromatic heterocycles. The van der Waals surface area contributed by atoms with Crippen LogP contribution in [0, 0.1) is 0 Å². The van der Waals surface area contributed by atoms with Crippen molar-refractivity contribution in [3.63, 3.8) is 0 Å². The zero-order valence-electron chi connectivity index (χ0n) is 14.7. The summed E-state index contributed by atoms with van der Waals surface area (Å²) in [6.07, 6.45) is -0.00246. The number of ketones is 1. The number of ether oxygens (including phenoxy) is 2. The summed E-state index contributed by atoms with van der Waals surface area (Å²) in [5, 5.41) is 0. The van der Waals surface area contributed by atoms with E-state index in [2.05, 4.69) is 0 Å². The van der Waals surface area contributed by atoms with Gasteiger partial charge in [0.2, 0.25) is 5.91 Å². The third-order valence-electron chi connectivity index (χ3n) is 4.14. The van der Waals surface area contributed by atoms with Crippen LogP contribution in [0.15, 0.2) is 24.3 Å². The molecule has 2 amide bonds. The van der Waals surface area contributed by atoms with E-state index in [-0.39, 0.29) is 30.6 Å². The Morgan fingerprint density at radius 3 is 2.12 bits per heavy atom. The van der Waals surface area contributed by atoms with Crippen LogP contribution in [0.5, 0.6) is 5.75 Å². The van der Waals surface area contributed by atoms with Crippen LogP contribution in [0.2, 0.25) is 0 Å². The van der Waals surface area contributed by atoms with E-state index in [1.54, 1.807) is 48.1 Å². The van der Waals surface area contributed by atoms with Gasteiger partial charge in [-0.1, -0.05) is 0 Å². The highest BCUT2D eigenvalue weighted by molar-refractivity contribution is 5.98. The number of piperazine rings is 1. The number of rotatable bonds is 6. The summed E-state index contributed by atoms with van der Waals surface area (Å²) in [6.45, 7) is 3.94. The molecule has 0 unspecified atom stereocenters. The molecular formula is C18H24N2O5. The van der Waals surface area contributed by atoms with Crippen molar-refractivity contribution < 1.29 is 23.9 Å². The van der Waals surface area contributed by atoms with Gasteiger partial charge in [-0.05, 0) is 31.2 Å². The molecule has 1 aliphatic heterocycles. The number of carbonyl (C=O) groups excluding carboxylic acids is 3. The second-order valence-electron chi connectivity index (χ2n) is 5.72. The molecular weight excluding hydrogens is 324 g/mol. The fraction of sp³-hybridized carbons (Fsp3) is 0.500. The van der Waals surface area contributed by atoms with Gasteiger partial charge in [0, 0.05) is 44.6 Å². The minimum absolute atomic E-state index is 0.0645. The molecule has 1 aromatic rings. The summed E-state index contributed by atoms with van der Waals surface area (Å²) >= 11 is 0. The van der Waals surface area contributed by atoms with Crippen LogP contribution < -0.4 is 4.74 Å². The maximum Gasteiger partial charge on any atom is 0.409 e. The lowest BCUT2D eigenvalue weighted by Crippen LogP contribution is -2.50. The molecule has 7 nitrogen and oxygen atoms in total. The predicted octanol–water partition coefficient (Wildman–Crippen LogP) is 1.96. The molecule has 0 N–H and O–H groups in total. The Balaban J connectivity index is 1.77. The highest BCUT2D eigenvalue weighted by Gasteiger charge is 2.25. The summed E-state index contributed by atoms with van der Waals surface area (Å²) in [7, 11) is 1.57. The largest absolute Gasteiger partial charge is 0.497 e. The van der Waals surface area contributed by atoms with Crippen molar-refractivity contribution in [2.24, 2.45) is 0 Å². The van der Waals surface area contributed by atoms with E-state index < -0.39 is 0 Å². The molecule has 1 saturated heterocycles. The van der Waals surface area contributed by atoms with Crippen LogP contribution in [0.3, 0.4) is 0 Å². The van der Waals surface area contributed by atoms with E-state index in [4.69, 9.17) is 9.47 Å². The van der Waals surface area contributed by atoms with Gasteiger partial charge in [0.1, 0.15) is 5.75 Å². The van der Waals surface area contributed by atoms with E-state index in [0.717, 1.165) is 0 Å². The number of Topliss-reactive ketones (excluding diaryl/α,β-unsaturated/α-hetero) is 1. The van der Waals surface area contributed by atoms with Crippen molar-refractivity contribution in [3.05, 3.63) is 29.8 Å². The number of nitrogens with zero attached hydrogens (tertiary/aromatic N) is 2. The summed E-state index contributed by atoms with van der Waals surface area (Å²) in [5.41, 5.74) is 0.570. The zero-order valence-corrected chi connectivity index (χ0v) is 14.7. The Hall–Kier alpha value is -2.57. The predicted molar refractivity (Wildman–Crippen MR) is 91.7 cm³/mol. The maximum absolute atomic E-state index is 12.3. The first-order valence-electron chi connectivity index (χ1n) is 8.42. The number of carbonyl (C=O) groups is 3. The lowest BCUT2D eigenvalue weighted by molar-refractivity contribution is -0.132. The van der Waals surface area contributed by atoms with Crippen molar-refractivity contribution in [1.29, 1.82) is 0 Å². The van der Waals surface area contributed by atoms with Crippen LogP contribution in [-0.2, 0) is 9.53 Å².